The molecule has 0 aliphatic heterocycles. The van der Waals surface area contributed by atoms with Gasteiger partial charge in [-0.3, -0.25) is 10.5 Å². The van der Waals surface area contributed by atoms with E-state index in [4.69, 9.17) is 10.6 Å². The van der Waals surface area contributed by atoms with E-state index < -0.39 is 6.04 Å². The van der Waals surface area contributed by atoms with Gasteiger partial charge < -0.3 is 4.74 Å². The Hall–Kier alpha value is -1.92. The Morgan fingerprint density at radius 1 is 1.35 bits per heavy atom. The molecule has 20 heavy (non-hydrogen) atoms. The third-order valence-electron chi connectivity index (χ3n) is 3.16. The van der Waals surface area contributed by atoms with Gasteiger partial charge in [0.1, 0.15) is 11.5 Å². The molecule has 0 aliphatic rings. The van der Waals surface area contributed by atoms with Crippen molar-refractivity contribution in [2.75, 3.05) is 7.11 Å². The van der Waals surface area contributed by atoms with Crippen LogP contribution in [0.4, 0.5) is 4.39 Å². The molecule has 6 heteroatoms. The zero-order chi connectivity index (χ0) is 14.7. The summed E-state index contributed by atoms with van der Waals surface area (Å²) in [6, 6.07) is 6.08. The molecule has 0 fully saturated rings. The Morgan fingerprint density at radius 3 is 2.60 bits per heavy atom. The van der Waals surface area contributed by atoms with Crippen molar-refractivity contribution in [3.63, 3.8) is 0 Å². The summed E-state index contributed by atoms with van der Waals surface area (Å²) in [6.45, 7) is 3.98. The van der Waals surface area contributed by atoms with Gasteiger partial charge in [-0.2, -0.15) is 5.10 Å². The number of nitrogens with one attached hydrogen (secondary N) is 1. The number of methoxy groups -OCH3 is 1. The molecule has 1 aromatic heterocycles. The average Bonchev–Trinajstić information content (AvgIpc) is 2.86. The lowest BCUT2D eigenvalue weighted by molar-refractivity contribution is 0.392. The van der Waals surface area contributed by atoms with E-state index in [9.17, 15) is 4.39 Å². The molecule has 1 aromatic carbocycles. The molecule has 1 heterocycles. The Labute approximate surface area is 117 Å². The first-order valence-electron chi connectivity index (χ1n) is 6.42. The molecule has 108 valence electrons. The van der Waals surface area contributed by atoms with E-state index in [1.165, 1.54) is 6.07 Å². The van der Waals surface area contributed by atoms with E-state index >= 15 is 0 Å². The summed E-state index contributed by atoms with van der Waals surface area (Å²) in [7, 11) is 1.56. The third-order valence-corrected chi connectivity index (χ3v) is 3.16. The van der Waals surface area contributed by atoms with Crippen LogP contribution in [-0.4, -0.2) is 16.9 Å². The predicted octanol–water partition coefficient (Wildman–Crippen LogP) is 2.16. The van der Waals surface area contributed by atoms with E-state index in [1.54, 1.807) is 36.2 Å². The molecule has 2 aromatic rings. The maximum absolute atomic E-state index is 14.0. The average molecular weight is 278 g/mol. The molecule has 5 nitrogen and oxygen atoms in total. The molecule has 1 atom stereocenters. The van der Waals surface area contributed by atoms with Crippen molar-refractivity contribution in [2.45, 2.75) is 25.9 Å². The highest BCUT2D eigenvalue weighted by atomic mass is 19.1. The second-order valence-electron chi connectivity index (χ2n) is 4.76. The molecule has 0 amide bonds. The highest BCUT2D eigenvalue weighted by molar-refractivity contribution is 5.37. The lowest BCUT2D eigenvalue weighted by Gasteiger charge is -2.21. The van der Waals surface area contributed by atoms with Gasteiger partial charge in [-0.25, -0.2) is 9.82 Å². The van der Waals surface area contributed by atoms with Crippen molar-refractivity contribution < 1.29 is 9.13 Å². The monoisotopic (exact) mass is 278 g/mol. The maximum atomic E-state index is 14.0. The number of nitrogens with two attached hydrogens (primary N) is 1. The maximum Gasteiger partial charge on any atom is 0.161 e. The van der Waals surface area contributed by atoms with Crippen LogP contribution in [-0.2, 0) is 0 Å². The van der Waals surface area contributed by atoms with Gasteiger partial charge in [0.15, 0.2) is 5.75 Å². The molecular formula is C14H19FN4O. The Balaban J connectivity index is 2.57. The lowest BCUT2D eigenvalue weighted by atomic mass is 10.0. The molecule has 2 rings (SSSR count). The van der Waals surface area contributed by atoms with Crippen LogP contribution in [0.25, 0.3) is 0 Å². The fraction of sp³-hybridized carbons (Fsp3) is 0.357. The van der Waals surface area contributed by atoms with Gasteiger partial charge in [0, 0.05) is 11.6 Å². The van der Waals surface area contributed by atoms with Crippen LogP contribution in [0.15, 0.2) is 30.5 Å². The minimum absolute atomic E-state index is 0.108. The molecule has 0 saturated carbocycles. The van der Waals surface area contributed by atoms with Crippen molar-refractivity contribution in [3.8, 4) is 5.75 Å². The van der Waals surface area contributed by atoms with Crippen LogP contribution in [0.2, 0.25) is 0 Å². The summed E-state index contributed by atoms with van der Waals surface area (Å²) >= 11 is 0. The standard InChI is InChI=1S/C14H19FN4O/c1-9(2)19-14(12(20-3)8-17-19)13(18-16)10-6-4-5-7-11(10)15/h4-9,13,18H,16H2,1-3H3. The predicted molar refractivity (Wildman–Crippen MR) is 74.7 cm³/mol. The van der Waals surface area contributed by atoms with Crippen molar-refractivity contribution in [1.82, 2.24) is 15.2 Å². The second kappa shape index (κ2) is 6.02. The third kappa shape index (κ3) is 2.52. The summed E-state index contributed by atoms with van der Waals surface area (Å²) in [4.78, 5) is 0. The molecular weight excluding hydrogens is 259 g/mol. The van der Waals surface area contributed by atoms with E-state index in [1.807, 2.05) is 13.8 Å². The van der Waals surface area contributed by atoms with Gasteiger partial charge >= 0.3 is 0 Å². The van der Waals surface area contributed by atoms with E-state index in [0.29, 0.717) is 17.0 Å². The molecule has 1 unspecified atom stereocenters. The number of ether oxygens (including phenoxy) is 1. The summed E-state index contributed by atoms with van der Waals surface area (Å²) in [5, 5.41) is 4.28. The van der Waals surface area contributed by atoms with Crippen LogP contribution >= 0.6 is 0 Å². The van der Waals surface area contributed by atoms with Gasteiger partial charge in [0.2, 0.25) is 0 Å². The molecule has 3 N–H and O–H groups in total. The van der Waals surface area contributed by atoms with Crippen LogP contribution in [0.3, 0.4) is 0 Å². The lowest BCUT2D eigenvalue weighted by Crippen LogP contribution is -2.32. The smallest absolute Gasteiger partial charge is 0.161 e. The molecule has 0 aliphatic carbocycles. The molecule has 0 bridgehead atoms. The highest BCUT2D eigenvalue weighted by Crippen LogP contribution is 2.32. The molecule has 0 radical (unpaired) electrons. The van der Waals surface area contributed by atoms with Crippen molar-refractivity contribution in [2.24, 2.45) is 5.84 Å². The van der Waals surface area contributed by atoms with Gasteiger partial charge in [0.25, 0.3) is 0 Å². The summed E-state index contributed by atoms with van der Waals surface area (Å²) in [5.74, 6) is 5.89. The van der Waals surface area contributed by atoms with Crippen LogP contribution in [0.5, 0.6) is 5.75 Å². The van der Waals surface area contributed by atoms with E-state index in [0.717, 1.165) is 0 Å². The van der Waals surface area contributed by atoms with Gasteiger partial charge in [-0.15, -0.1) is 0 Å². The first-order valence-corrected chi connectivity index (χ1v) is 6.42. The number of hydrogen-bond acceptors (Lipinski definition) is 4. The number of benzene rings is 1. The summed E-state index contributed by atoms with van der Waals surface area (Å²) in [5.41, 5.74) is 3.81. The van der Waals surface area contributed by atoms with E-state index in [-0.39, 0.29) is 11.9 Å². The number of nitrogens with zero attached hydrogens (tertiary/aromatic N) is 2. The van der Waals surface area contributed by atoms with Gasteiger partial charge in [0.05, 0.1) is 19.3 Å². The Kier molecular flexibility index (Phi) is 4.36. The van der Waals surface area contributed by atoms with Crippen LogP contribution in [0, 0.1) is 5.82 Å². The van der Waals surface area contributed by atoms with Crippen molar-refractivity contribution in [1.29, 1.82) is 0 Å². The van der Waals surface area contributed by atoms with E-state index in [2.05, 4.69) is 10.5 Å². The first kappa shape index (κ1) is 14.5. The zero-order valence-corrected chi connectivity index (χ0v) is 11.8. The SMILES string of the molecule is COc1cnn(C(C)C)c1C(NN)c1ccccc1F. The number of aromatic nitrogens is 2. The van der Waals surface area contributed by atoms with Gasteiger partial charge in [-0.05, 0) is 19.9 Å². The minimum Gasteiger partial charge on any atom is -0.493 e. The quantitative estimate of drug-likeness (QED) is 0.650. The number of rotatable bonds is 5. The second-order valence-corrected chi connectivity index (χ2v) is 4.76. The number of halogens is 1. The van der Waals surface area contributed by atoms with Crippen molar-refractivity contribution >= 4 is 0 Å². The summed E-state index contributed by atoms with van der Waals surface area (Å²) < 4.78 is 21.1. The topological polar surface area (TPSA) is 65.1 Å². The van der Waals surface area contributed by atoms with Crippen LogP contribution in [0.1, 0.15) is 37.2 Å². The van der Waals surface area contributed by atoms with Gasteiger partial charge in [-0.1, -0.05) is 18.2 Å². The number of hydrogen-bond donors (Lipinski definition) is 2. The largest absolute Gasteiger partial charge is 0.493 e. The van der Waals surface area contributed by atoms with Crippen LogP contribution < -0.4 is 16.0 Å². The zero-order valence-electron chi connectivity index (χ0n) is 11.8. The minimum atomic E-state index is -0.531. The van der Waals surface area contributed by atoms with Crippen molar-refractivity contribution in [3.05, 3.63) is 47.5 Å². The fourth-order valence-corrected chi connectivity index (χ4v) is 2.22. The summed E-state index contributed by atoms with van der Waals surface area (Å²) in [6.07, 6.45) is 1.61. The fourth-order valence-electron chi connectivity index (χ4n) is 2.22. The Morgan fingerprint density at radius 2 is 2.05 bits per heavy atom. The molecule has 0 saturated heterocycles. The first-order chi connectivity index (χ1) is 9.60. The highest BCUT2D eigenvalue weighted by Gasteiger charge is 2.25. The molecule has 0 spiro atoms. The number of hydrazine groups is 1. The Bertz CT molecular complexity index is 582. The normalized spacial score (nSPS) is 12.7.